The molecule has 4 nitrogen and oxygen atoms in total. The highest BCUT2D eigenvalue weighted by Gasteiger charge is 2.28. The molecule has 3 rings (SSSR count). The van der Waals surface area contributed by atoms with Crippen LogP contribution in [0.5, 0.6) is 0 Å². The number of halogens is 1. The molecule has 0 unspecified atom stereocenters. The van der Waals surface area contributed by atoms with Crippen molar-refractivity contribution in [3.63, 3.8) is 0 Å². The van der Waals surface area contributed by atoms with Crippen molar-refractivity contribution in [2.24, 2.45) is 0 Å². The predicted octanol–water partition coefficient (Wildman–Crippen LogP) is 2.99. The standard InChI is InChI=1S/C17H15FN2O2/c1-11(21)20(17(22)13-6-2-3-7-14(13)18)15-8-4-5-12-9-10-19-16(12)15/h2-8,19H,9-10H2,1H3. The Morgan fingerprint density at radius 2 is 1.91 bits per heavy atom. The van der Waals surface area contributed by atoms with Crippen LogP contribution in [0.3, 0.4) is 0 Å². The summed E-state index contributed by atoms with van der Waals surface area (Å²) in [6, 6.07) is 11.1. The van der Waals surface area contributed by atoms with E-state index in [-0.39, 0.29) is 5.56 Å². The van der Waals surface area contributed by atoms with Gasteiger partial charge in [-0.25, -0.2) is 9.29 Å². The van der Waals surface area contributed by atoms with Gasteiger partial charge in [-0.3, -0.25) is 9.59 Å². The van der Waals surface area contributed by atoms with Gasteiger partial charge in [0.15, 0.2) is 0 Å². The molecule has 1 aliphatic rings. The van der Waals surface area contributed by atoms with E-state index in [0.717, 1.165) is 29.1 Å². The summed E-state index contributed by atoms with van der Waals surface area (Å²) in [7, 11) is 0. The van der Waals surface area contributed by atoms with Gasteiger partial charge in [-0.1, -0.05) is 24.3 Å². The molecule has 5 heteroatoms. The Balaban J connectivity index is 2.09. The quantitative estimate of drug-likeness (QED) is 0.927. The van der Waals surface area contributed by atoms with Gasteiger partial charge in [-0.05, 0) is 30.2 Å². The number of para-hydroxylation sites is 1. The molecule has 2 amide bonds. The van der Waals surface area contributed by atoms with Crippen LogP contribution in [-0.2, 0) is 11.2 Å². The first-order valence-corrected chi connectivity index (χ1v) is 7.05. The van der Waals surface area contributed by atoms with Crippen LogP contribution in [0.1, 0.15) is 22.8 Å². The zero-order valence-electron chi connectivity index (χ0n) is 12.1. The van der Waals surface area contributed by atoms with Gasteiger partial charge in [0.25, 0.3) is 5.91 Å². The smallest absolute Gasteiger partial charge is 0.268 e. The zero-order chi connectivity index (χ0) is 15.7. The number of imide groups is 1. The number of carbonyl (C=O) groups is 2. The molecule has 0 spiro atoms. The SMILES string of the molecule is CC(=O)N(C(=O)c1ccccc1F)c1cccc2c1NCC2. The van der Waals surface area contributed by atoms with Crippen LogP contribution in [0.25, 0.3) is 0 Å². The van der Waals surface area contributed by atoms with Crippen LogP contribution < -0.4 is 10.2 Å². The van der Waals surface area contributed by atoms with Gasteiger partial charge in [-0.15, -0.1) is 0 Å². The minimum Gasteiger partial charge on any atom is -0.383 e. The molecule has 0 bridgehead atoms. The summed E-state index contributed by atoms with van der Waals surface area (Å²) in [5.41, 5.74) is 2.16. The molecule has 0 radical (unpaired) electrons. The third-order valence-corrected chi connectivity index (χ3v) is 3.69. The van der Waals surface area contributed by atoms with Gasteiger partial charge >= 0.3 is 0 Å². The third-order valence-electron chi connectivity index (χ3n) is 3.69. The summed E-state index contributed by atoms with van der Waals surface area (Å²) in [4.78, 5) is 25.7. The van der Waals surface area contributed by atoms with Crippen molar-refractivity contribution >= 4 is 23.2 Å². The van der Waals surface area contributed by atoms with E-state index in [9.17, 15) is 14.0 Å². The van der Waals surface area contributed by atoms with Gasteiger partial charge in [-0.2, -0.15) is 0 Å². The summed E-state index contributed by atoms with van der Waals surface area (Å²) >= 11 is 0. The van der Waals surface area contributed by atoms with E-state index in [4.69, 9.17) is 0 Å². The molecular weight excluding hydrogens is 283 g/mol. The van der Waals surface area contributed by atoms with E-state index in [1.54, 1.807) is 18.2 Å². The lowest BCUT2D eigenvalue weighted by Gasteiger charge is -2.22. The first-order valence-electron chi connectivity index (χ1n) is 7.05. The minimum absolute atomic E-state index is 0.117. The van der Waals surface area contributed by atoms with Gasteiger partial charge in [0.1, 0.15) is 5.82 Å². The second-order valence-corrected chi connectivity index (χ2v) is 5.13. The van der Waals surface area contributed by atoms with E-state index < -0.39 is 17.6 Å². The summed E-state index contributed by atoms with van der Waals surface area (Å²) in [6.45, 7) is 2.05. The average molecular weight is 298 g/mol. The number of nitrogens with zero attached hydrogens (tertiary/aromatic N) is 1. The molecule has 0 aliphatic carbocycles. The van der Waals surface area contributed by atoms with Gasteiger partial charge in [0, 0.05) is 13.5 Å². The summed E-state index contributed by atoms with van der Waals surface area (Å²) in [5, 5.41) is 3.19. The fourth-order valence-electron chi connectivity index (χ4n) is 2.68. The molecule has 1 N–H and O–H groups in total. The number of hydrogen-bond acceptors (Lipinski definition) is 3. The Morgan fingerprint density at radius 1 is 1.14 bits per heavy atom. The van der Waals surface area contributed by atoms with Crippen molar-refractivity contribution in [1.82, 2.24) is 0 Å². The second kappa shape index (κ2) is 5.60. The van der Waals surface area contributed by atoms with E-state index in [2.05, 4.69) is 5.32 Å². The van der Waals surface area contributed by atoms with Crippen LogP contribution in [0.2, 0.25) is 0 Å². The lowest BCUT2D eigenvalue weighted by atomic mass is 10.1. The van der Waals surface area contributed by atoms with Crippen molar-refractivity contribution in [3.8, 4) is 0 Å². The molecule has 112 valence electrons. The molecular formula is C17H15FN2O2. The molecule has 0 saturated heterocycles. The maximum absolute atomic E-state index is 13.9. The first kappa shape index (κ1) is 14.3. The Labute approximate surface area is 127 Å². The fourth-order valence-corrected chi connectivity index (χ4v) is 2.68. The van der Waals surface area contributed by atoms with Crippen molar-refractivity contribution in [2.45, 2.75) is 13.3 Å². The maximum atomic E-state index is 13.9. The lowest BCUT2D eigenvalue weighted by Crippen LogP contribution is -2.36. The average Bonchev–Trinajstić information content (AvgIpc) is 2.96. The van der Waals surface area contributed by atoms with Crippen LogP contribution in [0.4, 0.5) is 15.8 Å². The highest BCUT2D eigenvalue weighted by Crippen LogP contribution is 2.34. The Hall–Kier alpha value is -2.69. The van der Waals surface area contributed by atoms with Gasteiger partial charge in [0.2, 0.25) is 5.91 Å². The molecule has 2 aromatic rings. The Bertz CT molecular complexity index is 758. The maximum Gasteiger partial charge on any atom is 0.268 e. The number of benzene rings is 2. The zero-order valence-corrected chi connectivity index (χ0v) is 12.1. The van der Waals surface area contributed by atoms with Crippen LogP contribution in [-0.4, -0.2) is 18.4 Å². The van der Waals surface area contributed by atoms with E-state index in [1.165, 1.54) is 25.1 Å². The van der Waals surface area contributed by atoms with Crippen LogP contribution in [0, 0.1) is 5.82 Å². The molecule has 0 fully saturated rings. The molecule has 0 aromatic heterocycles. The number of rotatable bonds is 2. The predicted molar refractivity (Wildman–Crippen MR) is 82.5 cm³/mol. The topological polar surface area (TPSA) is 49.4 Å². The number of carbonyl (C=O) groups excluding carboxylic acids is 2. The molecule has 0 atom stereocenters. The fraction of sp³-hybridized carbons (Fsp3) is 0.176. The van der Waals surface area contributed by atoms with Gasteiger partial charge < -0.3 is 5.32 Å². The summed E-state index contributed by atoms with van der Waals surface area (Å²) < 4.78 is 13.9. The number of fused-ring (bicyclic) bond motifs is 1. The Morgan fingerprint density at radius 3 is 2.64 bits per heavy atom. The largest absolute Gasteiger partial charge is 0.383 e. The van der Waals surface area contributed by atoms with E-state index >= 15 is 0 Å². The highest BCUT2D eigenvalue weighted by atomic mass is 19.1. The second-order valence-electron chi connectivity index (χ2n) is 5.13. The summed E-state index contributed by atoms with van der Waals surface area (Å²) in [6.07, 6.45) is 0.836. The molecule has 22 heavy (non-hydrogen) atoms. The molecule has 1 aliphatic heterocycles. The number of amides is 2. The first-order chi connectivity index (χ1) is 10.6. The van der Waals surface area contributed by atoms with Gasteiger partial charge in [0.05, 0.1) is 16.9 Å². The minimum atomic E-state index is -0.660. The van der Waals surface area contributed by atoms with Crippen molar-refractivity contribution < 1.29 is 14.0 Å². The number of nitrogens with one attached hydrogen (secondary N) is 1. The number of anilines is 2. The monoisotopic (exact) mass is 298 g/mol. The molecule has 0 saturated carbocycles. The Kier molecular flexibility index (Phi) is 3.63. The van der Waals surface area contributed by atoms with Crippen LogP contribution in [0.15, 0.2) is 42.5 Å². The van der Waals surface area contributed by atoms with E-state index in [1.807, 2.05) is 6.07 Å². The highest BCUT2D eigenvalue weighted by molar-refractivity contribution is 6.22. The summed E-state index contributed by atoms with van der Waals surface area (Å²) in [5.74, 6) is -1.75. The molecule has 2 aromatic carbocycles. The van der Waals surface area contributed by atoms with E-state index in [0.29, 0.717) is 5.69 Å². The lowest BCUT2D eigenvalue weighted by molar-refractivity contribution is -0.115. The van der Waals surface area contributed by atoms with Crippen molar-refractivity contribution in [1.29, 1.82) is 0 Å². The molecule has 1 heterocycles. The normalized spacial score (nSPS) is 12.5. The number of hydrogen-bond donors (Lipinski definition) is 1. The van der Waals surface area contributed by atoms with Crippen molar-refractivity contribution in [3.05, 3.63) is 59.4 Å². The van der Waals surface area contributed by atoms with Crippen LogP contribution >= 0.6 is 0 Å². The van der Waals surface area contributed by atoms with Crippen molar-refractivity contribution in [2.75, 3.05) is 16.8 Å². The third kappa shape index (κ3) is 2.35.